The molecule has 0 bridgehead atoms. The minimum Gasteiger partial charge on any atom is -0.480 e. The molecule has 3 atom stereocenters. The topological polar surface area (TPSA) is 151 Å². The highest BCUT2D eigenvalue weighted by atomic mass is 32.1. The standard InChI is InChI=1S/C11H20N4O5S2/c1-5(11(19)20)13-9(17)7(4-22)15-10(18)6(3-21)14-8(16)2-12/h5-7,21-22H,2-4,12H2,1H3,(H,13,17)(H,14,16)(H,15,18)(H,19,20). The third kappa shape index (κ3) is 7.00. The van der Waals surface area contributed by atoms with E-state index in [1.807, 2.05) is 0 Å². The Hall–Kier alpha value is -1.46. The van der Waals surface area contributed by atoms with Crippen LogP contribution in [0, 0.1) is 0 Å². The molecule has 0 aromatic heterocycles. The zero-order valence-corrected chi connectivity index (χ0v) is 13.7. The van der Waals surface area contributed by atoms with E-state index >= 15 is 0 Å². The number of rotatable bonds is 9. The number of thiol groups is 2. The van der Waals surface area contributed by atoms with Gasteiger partial charge in [0, 0.05) is 11.5 Å². The first-order valence-electron chi connectivity index (χ1n) is 6.31. The Morgan fingerprint density at radius 3 is 1.86 bits per heavy atom. The lowest BCUT2D eigenvalue weighted by Crippen LogP contribution is -2.57. The van der Waals surface area contributed by atoms with Crippen molar-refractivity contribution in [3.05, 3.63) is 0 Å². The zero-order valence-electron chi connectivity index (χ0n) is 11.9. The normalized spacial score (nSPS) is 14.4. The molecule has 0 aliphatic carbocycles. The molecule has 0 saturated carbocycles. The van der Waals surface area contributed by atoms with Crippen LogP contribution in [0.4, 0.5) is 0 Å². The number of carboxylic acid groups (broad SMARTS) is 1. The summed E-state index contributed by atoms with van der Waals surface area (Å²) in [5, 5.41) is 15.7. The van der Waals surface area contributed by atoms with Crippen LogP contribution < -0.4 is 21.7 Å². The van der Waals surface area contributed by atoms with Gasteiger partial charge in [0.1, 0.15) is 18.1 Å². The van der Waals surface area contributed by atoms with E-state index in [-0.39, 0.29) is 18.1 Å². The molecule has 6 N–H and O–H groups in total. The lowest BCUT2D eigenvalue weighted by atomic mass is 10.2. The molecule has 0 radical (unpaired) electrons. The summed E-state index contributed by atoms with van der Waals surface area (Å²) in [6.07, 6.45) is 0. The van der Waals surface area contributed by atoms with Crippen molar-refractivity contribution in [3.63, 3.8) is 0 Å². The maximum atomic E-state index is 12.0. The smallest absolute Gasteiger partial charge is 0.325 e. The number of amides is 3. The number of hydrogen-bond acceptors (Lipinski definition) is 7. The molecule has 11 heteroatoms. The van der Waals surface area contributed by atoms with Gasteiger partial charge < -0.3 is 26.8 Å². The summed E-state index contributed by atoms with van der Waals surface area (Å²) >= 11 is 7.88. The fourth-order valence-electron chi connectivity index (χ4n) is 1.29. The summed E-state index contributed by atoms with van der Waals surface area (Å²) < 4.78 is 0. The SMILES string of the molecule is CC(NC(=O)C(CS)NC(=O)C(CS)NC(=O)CN)C(=O)O. The van der Waals surface area contributed by atoms with Gasteiger partial charge in [-0.25, -0.2) is 0 Å². The maximum absolute atomic E-state index is 12.0. The number of hydrogen-bond donors (Lipinski definition) is 7. The molecule has 0 aromatic rings. The molecular formula is C11H20N4O5S2. The predicted molar refractivity (Wildman–Crippen MR) is 85.9 cm³/mol. The van der Waals surface area contributed by atoms with Gasteiger partial charge in [-0.2, -0.15) is 25.3 Å². The molecule has 0 heterocycles. The van der Waals surface area contributed by atoms with Crippen molar-refractivity contribution in [2.24, 2.45) is 5.73 Å². The second-order valence-corrected chi connectivity index (χ2v) is 5.05. The molecule has 3 amide bonds. The Bertz CT molecular complexity index is 435. The lowest BCUT2D eigenvalue weighted by molar-refractivity contribution is -0.141. The van der Waals surface area contributed by atoms with E-state index in [2.05, 4.69) is 41.2 Å². The fourth-order valence-corrected chi connectivity index (χ4v) is 1.80. The summed E-state index contributed by atoms with van der Waals surface area (Å²) in [4.78, 5) is 45.7. The Morgan fingerprint density at radius 2 is 1.45 bits per heavy atom. The monoisotopic (exact) mass is 352 g/mol. The summed E-state index contributed by atoms with van der Waals surface area (Å²) in [5.41, 5.74) is 5.13. The lowest BCUT2D eigenvalue weighted by Gasteiger charge is -2.21. The zero-order chi connectivity index (χ0) is 17.3. The van der Waals surface area contributed by atoms with Crippen LogP contribution in [0.15, 0.2) is 0 Å². The van der Waals surface area contributed by atoms with Crippen molar-refractivity contribution in [1.29, 1.82) is 0 Å². The predicted octanol–water partition coefficient (Wildman–Crippen LogP) is -2.64. The van der Waals surface area contributed by atoms with Gasteiger partial charge in [0.15, 0.2) is 0 Å². The molecule has 126 valence electrons. The molecule has 0 rings (SSSR count). The molecule has 22 heavy (non-hydrogen) atoms. The average Bonchev–Trinajstić information content (AvgIpc) is 2.48. The number of carbonyl (C=O) groups excluding carboxylic acids is 3. The van der Waals surface area contributed by atoms with E-state index < -0.39 is 41.8 Å². The largest absolute Gasteiger partial charge is 0.480 e. The highest BCUT2D eigenvalue weighted by Gasteiger charge is 2.26. The minimum atomic E-state index is -1.21. The first kappa shape index (κ1) is 20.5. The van der Waals surface area contributed by atoms with Crippen LogP contribution in [0.25, 0.3) is 0 Å². The van der Waals surface area contributed by atoms with Crippen LogP contribution in [-0.2, 0) is 19.2 Å². The Kier molecular flexibility index (Phi) is 9.61. The van der Waals surface area contributed by atoms with Crippen LogP contribution in [0.2, 0.25) is 0 Å². The van der Waals surface area contributed by atoms with Crippen LogP contribution in [0.5, 0.6) is 0 Å². The van der Waals surface area contributed by atoms with Gasteiger partial charge in [0.25, 0.3) is 0 Å². The second-order valence-electron chi connectivity index (χ2n) is 4.32. The molecule has 0 saturated heterocycles. The first-order valence-corrected chi connectivity index (χ1v) is 7.58. The Morgan fingerprint density at radius 1 is 1.00 bits per heavy atom. The number of carbonyl (C=O) groups is 4. The van der Waals surface area contributed by atoms with E-state index in [0.29, 0.717) is 0 Å². The summed E-state index contributed by atoms with van der Waals surface area (Å²) in [5.74, 6) is -3.13. The molecule has 0 fully saturated rings. The van der Waals surface area contributed by atoms with Gasteiger partial charge in [-0.05, 0) is 6.92 Å². The number of aliphatic carboxylic acids is 1. The second kappa shape index (κ2) is 10.3. The van der Waals surface area contributed by atoms with Gasteiger partial charge in [-0.15, -0.1) is 0 Å². The van der Waals surface area contributed by atoms with E-state index in [1.165, 1.54) is 6.92 Å². The van der Waals surface area contributed by atoms with Crippen molar-refractivity contribution in [1.82, 2.24) is 16.0 Å². The Labute approximate surface area is 138 Å². The van der Waals surface area contributed by atoms with E-state index in [4.69, 9.17) is 10.8 Å². The third-order valence-electron chi connectivity index (χ3n) is 2.56. The van der Waals surface area contributed by atoms with E-state index in [0.717, 1.165) is 0 Å². The number of nitrogens with two attached hydrogens (primary N) is 1. The van der Waals surface area contributed by atoms with Gasteiger partial charge in [0.2, 0.25) is 17.7 Å². The van der Waals surface area contributed by atoms with Crippen molar-refractivity contribution < 1.29 is 24.3 Å². The third-order valence-corrected chi connectivity index (χ3v) is 3.29. The van der Waals surface area contributed by atoms with Crippen LogP contribution in [0.1, 0.15) is 6.92 Å². The van der Waals surface area contributed by atoms with Gasteiger partial charge in [-0.3, -0.25) is 19.2 Å². The first-order chi connectivity index (χ1) is 10.3. The summed E-state index contributed by atoms with van der Waals surface area (Å²) in [6.45, 7) is 1.000. The van der Waals surface area contributed by atoms with E-state index in [9.17, 15) is 19.2 Å². The molecule has 0 aliphatic heterocycles. The Balaban J connectivity index is 4.70. The highest BCUT2D eigenvalue weighted by molar-refractivity contribution is 7.80. The molecule has 3 unspecified atom stereocenters. The molecule has 0 aliphatic rings. The summed E-state index contributed by atoms with van der Waals surface area (Å²) in [6, 6.07) is -3.12. The minimum absolute atomic E-state index is 0.00398. The highest BCUT2D eigenvalue weighted by Crippen LogP contribution is 1.95. The van der Waals surface area contributed by atoms with Crippen LogP contribution in [-0.4, -0.2) is 65.0 Å². The van der Waals surface area contributed by atoms with Crippen LogP contribution in [0.3, 0.4) is 0 Å². The van der Waals surface area contributed by atoms with Gasteiger partial charge in [0.05, 0.1) is 6.54 Å². The number of nitrogens with one attached hydrogen (secondary N) is 3. The van der Waals surface area contributed by atoms with Crippen molar-refractivity contribution in [2.75, 3.05) is 18.1 Å². The quantitative estimate of drug-likeness (QED) is 0.225. The van der Waals surface area contributed by atoms with Crippen molar-refractivity contribution in [2.45, 2.75) is 25.0 Å². The van der Waals surface area contributed by atoms with Crippen molar-refractivity contribution >= 4 is 48.9 Å². The molecule has 0 spiro atoms. The molecule has 9 nitrogen and oxygen atoms in total. The molecule has 0 aromatic carbocycles. The van der Waals surface area contributed by atoms with Crippen molar-refractivity contribution in [3.8, 4) is 0 Å². The maximum Gasteiger partial charge on any atom is 0.325 e. The fraction of sp³-hybridized carbons (Fsp3) is 0.636. The van der Waals surface area contributed by atoms with Gasteiger partial charge >= 0.3 is 5.97 Å². The van der Waals surface area contributed by atoms with Gasteiger partial charge in [-0.1, -0.05) is 0 Å². The van der Waals surface area contributed by atoms with Crippen LogP contribution >= 0.6 is 25.3 Å². The van der Waals surface area contributed by atoms with E-state index in [1.54, 1.807) is 0 Å². The average molecular weight is 352 g/mol. The molecular weight excluding hydrogens is 332 g/mol. The summed E-state index contributed by atoms with van der Waals surface area (Å²) in [7, 11) is 0. The number of carboxylic acids is 1.